The van der Waals surface area contributed by atoms with Crippen LogP contribution >= 0.6 is 0 Å². The molecule has 25 heavy (non-hydrogen) atoms. The SMILES string of the molecule is O=C(OCc1ccccc1)N1CCc2c(cc(C(F)(F)F)c[n+]2[O-])C1. The lowest BCUT2D eigenvalue weighted by Gasteiger charge is -2.27. The Labute approximate surface area is 141 Å². The molecule has 5 nitrogen and oxygen atoms in total. The Kier molecular flexibility index (Phi) is 4.52. The van der Waals surface area contributed by atoms with Gasteiger partial charge in [0.1, 0.15) is 12.2 Å². The van der Waals surface area contributed by atoms with E-state index in [2.05, 4.69) is 0 Å². The van der Waals surface area contributed by atoms with Gasteiger partial charge in [-0.2, -0.15) is 17.9 Å². The summed E-state index contributed by atoms with van der Waals surface area (Å²) in [5.41, 5.74) is 0.221. The first-order valence-corrected chi connectivity index (χ1v) is 7.62. The van der Waals surface area contributed by atoms with Crippen LogP contribution in [0.25, 0.3) is 0 Å². The van der Waals surface area contributed by atoms with Gasteiger partial charge in [0.15, 0.2) is 11.9 Å². The molecule has 1 aromatic heterocycles. The monoisotopic (exact) mass is 352 g/mol. The molecule has 2 aromatic rings. The Hall–Kier alpha value is -2.77. The van der Waals surface area contributed by atoms with Gasteiger partial charge in [0.05, 0.1) is 13.0 Å². The molecule has 0 saturated heterocycles. The Bertz CT molecular complexity index is 779. The largest absolute Gasteiger partial charge is 0.618 e. The van der Waals surface area contributed by atoms with E-state index < -0.39 is 17.8 Å². The average molecular weight is 352 g/mol. The minimum absolute atomic E-state index is 0.0766. The van der Waals surface area contributed by atoms with Gasteiger partial charge in [-0.15, -0.1) is 0 Å². The fourth-order valence-corrected chi connectivity index (χ4v) is 2.71. The lowest BCUT2D eigenvalue weighted by Crippen LogP contribution is -2.43. The molecular weight excluding hydrogens is 337 g/mol. The fraction of sp³-hybridized carbons (Fsp3) is 0.294. The molecule has 1 aromatic carbocycles. The van der Waals surface area contributed by atoms with Crippen molar-refractivity contribution in [1.82, 2.24) is 4.90 Å². The van der Waals surface area contributed by atoms with Crippen molar-refractivity contribution < 1.29 is 27.4 Å². The third-order valence-electron chi connectivity index (χ3n) is 3.99. The summed E-state index contributed by atoms with van der Waals surface area (Å²) >= 11 is 0. The number of rotatable bonds is 2. The summed E-state index contributed by atoms with van der Waals surface area (Å²) in [7, 11) is 0. The topological polar surface area (TPSA) is 56.5 Å². The maximum Gasteiger partial charge on any atom is 0.422 e. The van der Waals surface area contributed by atoms with E-state index >= 15 is 0 Å². The van der Waals surface area contributed by atoms with Gasteiger partial charge in [0.2, 0.25) is 0 Å². The van der Waals surface area contributed by atoms with Gasteiger partial charge < -0.3 is 14.8 Å². The van der Waals surface area contributed by atoms with Gasteiger partial charge in [-0.1, -0.05) is 30.3 Å². The van der Waals surface area contributed by atoms with Crippen LogP contribution in [0.1, 0.15) is 22.4 Å². The molecule has 0 atom stereocenters. The van der Waals surface area contributed by atoms with E-state index in [1.807, 2.05) is 18.2 Å². The van der Waals surface area contributed by atoms with Crippen LogP contribution in [-0.2, 0) is 30.5 Å². The number of ether oxygens (including phenoxy) is 1. The van der Waals surface area contributed by atoms with Crippen LogP contribution in [0, 0.1) is 5.21 Å². The standard InChI is InChI=1S/C17H15F3N2O3/c18-17(19,20)14-8-13-9-21(7-6-15(13)22(24)10-14)16(23)25-11-12-4-2-1-3-5-12/h1-5,8,10H,6-7,9,11H2. The second-order valence-electron chi connectivity index (χ2n) is 5.74. The zero-order chi connectivity index (χ0) is 18.0. The highest BCUT2D eigenvalue weighted by atomic mass is 19.4. The Morgan fingerprint density at radius 3 is 2.68 bits per heavy atom. The fourth-order valence-electron chi connectivity index (χ4n) is 2.71. The zero-order valence-corrected chi connectivity index (χ0v) is 13.1. The van der Waals surface area contributed by atoms with Crippen LogP contribution in [0.15, 0.2) is 42.6 Å². The number of fused-ring (bicyclic) bond motifs is 1. The number of benzene rings is 1. The summed E-state index contributed by atoms with van der Waals surface area (Å²) in [6.45, 7) is 0.205. The summed E-state index contributed by atoms with van der Waals surface area (Å²) in [6.07, 6.45) is -4.53. The number of carbonyl (C=O) groups excluding carboxylic acids is 1. The number of hydrogen-bond acceptors (Lipinski definition) is 3. The molecule has 0 unspecified atom stereocenters. The quantitative estimate of drug-likeness (QED) is 0.617. The number of amides is 1. The van der Waals surface area contributed by atoms with Crippen LogP contribution in [0.4, 0.5) is 18.0 Å². The number of pyridine rings is 1. The first-order valence-electron chi connectivity index (χ1n) is 7.62. The molecule has 1 aliphatic rings. The van der Waals surface area contributed by atoms with Crippen molar-refractivity contribution in [2.24, 2.45) is 0 Å². The lowest BCUT2D eigenvalue weighted by atomic mass is 10.0. The van der Waals surface area contributed by atoms with Crippen LogP contribution in [-0.4, -0.2) is 17.5 Å². The van der Waals surface area contributed by atoms with Crippen molar-refractivity contribution in [2.75, 3.05) is 6.54 Å². The van der Waals surface area contributed by atoms with E-state index in [1.165, 1.54) is 4.90 Å². The summed E-state index contributed by atoms with van der Waals surface area (Å²) in [6, 6.07) is 9.98. The van der Waals surface area contributed by atoms with Crippen molar-refractivity contribution in [3.63, 3.8) is 0 Å². The number of carbonyl (C=O) groups is 1. The molecular formula is C17H15F3N2O3. The van der Waals surface area contributed by atoms with Crippen molar-refractivity contribution in [1.29, 1.82) is 0 Å². The van der Waals surface area contributed by atoms with Crippen LogP contribution in [0.3, 0.4) is 0 Å². The molecule has 2 heterocycles. The van der Waals surface area contributed by atoms with Crippen LogP contribution in [0.5, 0.6) is 0 Å². The minimum Gasteiger partial charge on any atom is -0.618 e. The number of alkyl halides is 3. The van der Waals surface area contributed by atoms with Crippen LogP contribution in [0.2, 0.25) is 0 Å². The second kappa shape index (κ2) is 6.62. The van der Waals surface area contributed by atoms with Gasteiger partial charge in [-0.05, 0) is 11.6 Å². The van der Waals surface area contributed by atoms with Gasteiger partial charge in [-0.3, -0.25) is 0 Å². The molecule has 0 radical (unpaired) electrons. The summed E-state index contributed by atoms with van der Waals surface area (Å²) in [5, 5.41) is 11.8. The van der Waals surface area contributed by atoms with Gasteiger partial charge in [-0.25, -0.2) is 4.79 Å². The molecule has 0 N–H and O–H groups in total. The Balaban J connectivity index is 1.71. The second-order valence-corrected chi connectivity index (χ2v) is 5.74. The van der Waals surface area contributed by atoms with Crippen LogP contribution < -0.4 is 4.73 Å². The molecule has 0 spiro atoms. The summed E-state index contributed by atoms with van der Waals surface area (Å²) in [4.78, 5) is 13.4. The lowest BCUT2D eigenvalue weighted by molar-refractivity contribution is -0.616. The number of halogens is 3. The van der Waals surface area contributed by atoms with Crippen molar-refractivity contribution >= 4 is 6.09 Å². The van der Waals surface area contributed by atoms with Gasteiger partial charge >= 0.3 is 12.3 Å². The first kappa shape index (κ1) is 17.1. The van der Waals surface area contributed by atoms with E-state index in [9.17, 15) is 23.2 Å². The molecule has 8 heteroatoms. The van der Waals surface area contributed by atoms with E-state index in [0.717, 1.165) is 11.6 Å². The number of aromatic nitrogens is 1. The van der Waals surface area contributed by atoms with E-state index in [4.69, 9.17) is 4.74 Å². The maximum atomic E-state index is 12.8. The van der Waals surface area contributed by atoms with E-state index in [-0.39, 0.29) is 42.1 Å². The maximum absolute atomic E-state index is 12.8. The molecule has 0 fully saturated rings. The molecule has 3 rings (SSSR count). The van der Waals surface area contributed by atoms with E-state index in [0.29, 0.717) is 6.20 Å². The smallest absolute Gasteiger partial charge is 0.422 e. The third kappa shape index (κ3) is 3.84. The van der Waals surface area contributed by atoms with Gasteiger partial charge in [0, 0.05) is 12.1 Å². The highest BCUT2D eigenvalue weighted by Gasteiger charge is 2.36. The Morgan fingerprint density at radius 1 is 1.28 bits per heavy atom. The molecule has 1 amide bonds. The predicted octanol–water partition coefficient (Wildman–Crippen LogP) is 3.03. The minimum atomic E-state index is -4.61. The molecule has 1 aliphatic heterocycles. The Morgan fingerprint density at radius 2 is 2.00 bits per heavy atom. The average Bonchev–Trinajstić information content (AvgIpc) is 2.59. The molecule has 0 saturated carbocycles. The molecule has 132 valence electrons. The highest BCUT2D eigenvalue weighted by Crippen LogP contribution is 2.30. The predicted molar refractivity (Wildman–Crippen MR) is 81.1 cm³/mol. The van der Waals surface area contributed by atoms with Gasteiger partial charge in [0.25, 0.3) is 0 Å². The summed E-state index contributed by atoms with van der Waals surface area (Å²) < 4.78 is 44.0. The van der Waals surface area contributed by atoms with Crippen molar-refractivity contribution in [3.05, 3.63) is 70.2 Å². The number of nitrogens with zero attached hydrogens (tertiary/aromatic N) is 2. The normalized spacial score (nSPS) is 14.1. The molecule has 0 bridgehead atoms. The van der Waals surface area contributed by atoms with Crippen molar-refractivity contribution in [3.8, 4) is 0 Å². The summed E-state index contributed by atoms with van der Waals surface area (Å²) in [5.74, 6) is 0. The molecule has 0 aliphatic carbocycles. The van der Waals surface area contributed by atoms with Crippen molar-refractivity contribution in [2.45, 2.75) is 25.7 Å². The first-order chi connectivity index (χ1) is 11.8. The zero-order valence-electron chi connectivity index (χ0n) is 13.1. The highest BCUT2D eigenvalue weighted by molar-refractivity contribution is 5.68. The third-order valence-corrected chi connectivity index (χ3v) is 3.99. The number of hydrogen-bond donors (Lipinski definition) is 0. The van der Waals surface area contributed by atoms with E-state index in [1.54, 1.807) is 12.1 Å².